The largest absolute Gasteiger partial charge is 0.447 e. The van der Waals surface area contributed by atoms with Crippen LogP contribution in [0.5, 0.6) is 0 Å². The van der Waals surface area contributed by atoms with Gasteiger partial charge in [-0.1, -0.05) is 48.9 Å². The normalized spacial score (nSPS) is 25.1. The van der Waals surface area contributed by atoms with Gasteiger partial charge in [-0.3, -0.25) is 9.59 Å². The molecule has 29 heavy (non-hydrogen) atoms. The molecule has 0 unspecified atom stereocenters. The van der Waals surface area contributed by atoms with Gasteiger partial charge in [-0.25, -0.2) is 0 Å². The van der Waals surface area contributed by atoms with Crippen LogP contribution in [0.25, 0.3) is 0 Å². The summed E-state index contributed by atoms with van der Waals surface area (Å²) >= 11 is 4.73. The zero-order chi connectivity index (χ0) is 20.9. The van der Waals surface area contributed by atoms with Gasteiger partial charge in [0.1, 0.15) is 6.04 Å². The second-order valence-corrected chi connectivity index (χ2v) is 7.96. The van der Waals surface area contributed by atoms with E-state index >= 15 is 0 Å². The van der Waals surface area contributed by atoms with Crippen molar-refractivity contribution in [3.8, 4) is 0 Å². The van der Waals surface area contributed by atoms with Crippen molar-refractivity contribution in [1.82, 2.24) is 4.90 Å². The molecule has 0 radical (unpaired) electrons. The summed E-state index contributed by atoms with van der Waals surface area (Å²) in [4.78, 5) is 27.8. The van der Waals surface area contributed by atoms with Crippen LogP contribution >= 0.6 is 0 Å². The van der Waals surface area contributed by atoms with Crippen molar-refractivity contribution in [2.45, 2.75) is 43.7 Å². The van der Waals surface area contributed by atoms with Gasteiger partial charge >= 0.3 is 11.9 Å². The number of hydrogen-bond donors (Lipinski definition) is 1. The molecule has 6 nitrogen and oxygen atoms in total. The van der Waals surface area contributed by atoms with E-state index in [2.05, 4.69) is 4.36 Å². The zero-order valence-corrected chi connectivity index (χ0v) is 17.4. The van der Waals surface area contributed by atoms with E-state index in [-0.39, 0.29) is 5.92 Å². The lowest BCUT2D eigenvalue weighted by atomic mass is 9.70. The summed E-state index contributed by atoms with van der Waals surface area (Å²) in [6.07, 6.45) is 9.20. The molecule has 3 rings (SSSR count). The molecule has 0 spiro atoms. The van der Waals surface area contributed by atoms with Crippen LogP contribution in [0.2, 0.25) is 0 Å². The van der Waals surface area contributed by atoms with Gasteiger partial charge in [-0.05, 0) is 36.8 Å². The molecule has 1 aromatic carbocycles. The zero-order valence-electron chi connectivity index (χ0n) is 16.6. The smallest absolute Gasteiger partial charge is 0.324 e. The van der Waals surface area contributed by atoms with Crippen molar-refractivity contribution in [1.29, 1.82) is 0 Å². The average molecular weight is 414 g/mol. The van der Waals surface area contributed by atoms with Gasteiger partial charge in [0.2, 0.25) is 0 Å². The molecule has 0 saturated heterocycles. The lowest BCUT2D eigenvalue weighted by Gasteiger charge is -2.42. The molecule has 3 atom stereocenters. The molecular formula is C22H27N3O3S. The Balaban J connectivity index is 1.86. The maximum atomic E-state index is 12.9. The van der Waals surface area contributed by atoms with Gasteiger partial charge in [0.05, 0.1) is 0 Å². The molecule has 1 amide bonds. The van der Waals surface area contributed by atoms with Crippen LogP contribution in [0, 0.1) is 5.92 Å². The van der Waals surface area contributed by atoms with Crippen LogP contribution in [0.1, 0.15) is 31.2 Å². The fourth-order valence-corrected chi connectivity index (χ4v) is 4.35. The van der Waals surface area contributed by atoms with E-state index in [1.807, 2.05) is 60.6 Å². The Kier molecular flexibility index (Phi) is 6.92. The summed E-state index contributed by atoms with van der Waals surface area (Å²) in [6.45, 7) is 0.796. The highest BCUT2D eigenvalue weighted by atomic mass is 32.1. The number of nitrogens with two attached hydrogens (primary N) is 1. The van der Waals surface area contributed by atoms with Crippen molar-refractivity contribution in [3.05, 3.63) is 59.8 Å². The summed E-state index contributed by atoms with van der Waals surface area (Å²) in [6, 6.07) is 8.63. The maximum Gasteiger partial charge on any atom is 0.324 e. The topological polar surface area (TPSA) is 85.0 Å². The van der Waals surface area contributed by atoms with Gasteiger partial charge in [-0.15, -0.1) is 4.36 Å². The summed E-state index contributed by atoms with van der Waals surface area (Å²) in [7, 11) is 1.97. The van der Waals surface area contributed by atoms with Crippen molar-refractivity contribution >= 4 is 24.3 Å². The highest BCUT2D eigenvalue weighted by molar-refractivity contribution is 7.47. The predicted octanol–water partition coefficient (Wildman–Crippen LogP) is 2.67. The number of hydrogen-bond acceptors (Lipinski definition) is 6. The number of ether oxygens (including phenoxy) is 1. The molecule has 154 valence electrons. The summed E-state index contributed by atoms with van der Waals surface area (Å²) in [5.74, 6) is -1.45. The number of benzene rings is 1. The van der Waals surface area contributed by atoms with Gasteiger partial charge in [-0.2, -0.15) is 0 Å². The van der Waals surface area contributed by atoms with E-state index in [9.17, 15) is 9.59 Å². The Morgan fingerprint density at radius 1 is 1.34 bits per heavy atom. The average Bonchev–Trinajstić information content (AvgIpc) is 2.74. The molecule has 1 saturated carbocycles. The third-order valence-electron chi connectivity index (χ3n) is 5.66. The molecule has 1 fully saturated rings. The minimum Gasteiger partial charge on any atom is -0.447 e. The fraction of sp³-hybridized carbons (Fsp3) is 0.455. The van der Waals surface area contributed by atoms with E-state index < -0.39 is 23.5 Å². The first-order valence-corrected chi connectivity index (χ1v) is 10.3. The van der Waals surface area contributed by atoms with Gasteiger partial charge in [0.25, 0.3) is 0 Å². The molecule has 1 aromatic rings. The second-order valence-electron chi connectivity index (χ2n) is 7.77. The van der Waals surface area contributed by atoms with Gasteiger partial charge in [0, 0.05) is 38.1 Å². The first-order valence-electron chi connectivity index (χ1n) is 9.95. The molecule has 1 aliphatic carbocycles. The van der Waals surface area contributed by atoms with Gasteiger partial charge < -0.3 is 15.4 Å². The molecule has 1 aliphatic heterocycles. The second kappa shape index (κ2) is 9.41. The molecule has 0 bridgehead atoms. The van der Waals surface area contributed by atoms with E-state index in [4.69, 9.17) is 22.9 Å². The Bertz CT molecular complexity index is 824. The first-order chi connectivity index (χ1) is 14.0. The van der Waals surface area contributed by atoms with Crippen LogP contribution in [0.3, 0.4) is 0 Å². The SMILES string of the molecule is CN1C=C([C@@H]2CCCC[C@]2(OC(=O)[C@@H](N)Cc2ccccc2)C(=O)N=S)C=CC1. The summed E-state index contributed by atoms with van der Waals surface area (Å²) in [5.41, 5.74) is 6.63. The Hall–Kier alpha value is -2.38. The van der Waals surface area contributed by atoms with Crippen LogP contribution in [0.15, 0.2) is 58.6 Å². The third-order valence-corrected chi connectivity index (χ3v) is 5.82. The van der Waals surface area contributed by atoms with E-state index in [1.165, 1.54) is 0 Å². The Morgan fingerprint density at radius 3 is 2.79 bits per heavy atom. The number of allylic oxidation sites excluding steroid dienone is 1. The number of esters is 1. The minimum absolute atomic E-state index is 0.290. The molecule has 2 aliphatic rings. The number of likely N-dealkylation sites (N-methyl/N-ethyl adjacent to an activating group) is 1. The number of rotatable bonds is 6. The lowest BCUT2D eigenvalue weighted by molar-refractivity contribution is -0.177. The summed E-state index contributed by atoms with van der Waals surface area (Å²) < 4.78 is 9.41. The number of nitrogens with zero attached hydrogens (tertiary/aromatic N) is 2. The van der Waals surface area contributed by atoms with Gasteiger partial charge in [0.15, 0.2) is 5.60 Å². The molecule has 2 N–H and O–H groups in total. The lowest BCUT2D eigenvalue weighted by Crippen LogP contribution is -2.54. The maximum absolute atomic E-state index is 12.9. The third kappa shape index (κ3) is 4.79. The van der Waals surface area contributed by atoms with E-state index in [0.29, 0.717) is 12.8 Å². The predicted molar refractivity (Wildman–Crippen MR) is 114 cm³/mol. The van der Waals surface area contributed by atoms with Crippen LogP contribution in [0.4, 0.5) is 0 Å². The fourth-order valence-electron chi connectivity index (χ4n) is 4.20. The number of carbonyl (C=O) groups excluding carboxylic acids is 2. The first kappa shape index (κ1) is 21.3. The highest BCUT2D eigenvalue weighted by Crippen LogP contribution is 2.43. The van der Waals surface area contributed by atoms with Crippen molar-refractivity contribution in [2.75, 3.05) is 13.6 Å². The quantitative estimate of drug-likeness (QED) is 0.722. The molecule has 1 heterocycles. The standard InChI is InChI=1S/C22H27N3O3S/c1-25-13-7-10-17(15-25)18-11-5-6-12-22(18,21(27)24-29)28-20(26)19(23)14-16-8-3-2-4-9-16/h2-4,7-10,15,18-19H,5-6,11-14,23H2,1H3/t18-,19-,22+/m0/s1. The van der Waals surface area contributed by atoms with Crippen molar-refractivity contribution < 1.29 is 14.3 Å². The highest BCUT2D eigenvalue weighted by Gasteiger charge is 2.52. The molecular weight excluding hydrogens is 386 g/mol. The number of carbonyl (C=O) groups is 2. The molecule has 0 aromatic heterocycles. The Labute approximate surface area is 177 Å². The number of amides is 1. The Morgan fingerprint density at radius 2 is 2.10 bits per heavy atom. The van der Waals surface area contributed by atoms with E-state index in [0.717, 1.165) is 36.9 Å². The summed E-state index contributed by atoms with van der Waals surface area (Å²) in [5, 5.41) is 0. The monoisotopic (exact) mass is 413 g/mol. The van der Waals surface area contributed by atoms with Crippen molar-refractivity contribution in [2.24, 2.45) is 16.0 Å². The van der Waals surface area contributed by atoms with Crippen LogP contribution in [-0.4, -0.2) is 42.0 Å². The van der Waals surface area contributed by atoms with Crippen LogP contribution < -0.4 is 5.73 Å². The van der Waals surface area contributed by atoms with E-state index in [1.54, 1.807) is 0 Å². The van der Waals surface area contributed by atoms with Crippen LogP contribution in [-0.2, 0) is 33.2 Å². The van der Waals surface area contributed by atoms with Crippen molar-refractivity contribution in [3.63, 3.8) is 0 Å². The minimum atomic E-state index is -1.39. The molecule has 7 heteroatoms.